The molecular formula is C30H38N4O2. The number of nitrogens with one attached hydrogen (secondary N) is 2. The van der Waals surface area contributed by atoms with E-state index in [0.717, 1.165) is 67.0 Å². The van der Waals surface area contributed by atoms with E-state index in [9.17, 15) is 9.59 Å². The van der Waals surface area contributed by atoms with Gasteiger partial charge in [-0.25, -0.2) is 4.79 Å². The van der Waals surface area contributed by atoms with Crippen LogP contribution < -0.4 is 15.5 Å². The molecule has 1 saturated heterocycles. The number of carbonyl (C=O) groups is 2. The monoisotopic (exact) mass is 486 g/mol. The topological polar surface area (TPSA) is 64.7 Å². The molecule has 6 nitrogen and oxygen atoms in total. The Morgan fingerprint density at radius 1 is 0.889 bits per heavy atom. The van der Waals surface area contributed by atoms with Crippen molar-refractivity contribution in [1.29, 1.82) is 0 Å². The van der Waals surface area contributed by atoms with Crippen LogP contribution in [0.3, 0.4) is 0 Å². The van der Waals surface area contributed by atoms with Gasteiger partial charge in [-0.05, 0) is 81.8 Å². The van der Waals surface area contributed by atoms with Crippen molar-refractivity contribution in [2.24, 2.45) is 0 Å². The number of piperazine rings is 1. The zero-order valence-electron chi connectivity index (χ0n) is 21.8. The number of nitrogens with zero attached hydrogens (tertiary/aromatic N) is 2. The highest BCUT2D eigenvalue weighted by molar-refractivity contribution is 5.92. The van der Waals surface area contributed by atoms with Gasteiger partial charge in [-0.2, -0.15) is 0 Å². The SMILES string of the molecule is Cc1cc(C)c(NC(=O)N2CCN(c3ccc(NC(=O)CCCC4=CCCC=C4)cc3)CC2)c(C)c1. The van der Waals surface area contributed by atoms with E-state index in [1.165, 1.54) is 11.1 Å². The molecule has 0 bridgehead atoms. The summed E-state index contributed by atoms with van der Waals surface area (Å²) in [6.45, 7) is 9.02. The molecular weight excluding hydrogens is 448 g/mol. The van der Waals surface area contributed by atoms with Crippen molar-refractivity contribution in [3.63, 3.8) is 0 Å². The lowest BCUT2D eigenvalue weighted by atomic mass is 10.0. The van der Waals surface area contributed by atoms with Gasteiger partial charge >= 0.3 is 6.03 Å². The predicted molar refractivity (Wildman–Crippen MR) is 149 cm³/mol. The Labute approximate surface area is 215 Å². The number of allylic oxidation sites excluding steroid dienone is 4. The van der Waals surface area contributed by atoms with Crippen LogP contribution in [0, 0.1) is 20.8 Å². The first-order valence-corrected chi connectivity index (χ1v) is 13.0. The van der Waals surface area contributed by atoms with Gasteiger partial charge in [0.05, 0.1) is 0 Å². The smallest absolute Gasteiger partial charge is 0.321 e. The summed E-state index contributed by atoms with van der Waals surface area (Å²) < 4.78 is 0. The van der Waals surface area contributed by atoms with Gasteiger partial charge in [0.1, 0.15) is 0 Å². The number of amides is 3. The van der Waals surface area contributed by atoms with Crippen molar-refractivity contribution in [3.8, 4) is 0 Å². The molecule has 190 valence electrons. The first kappa shape index (κ1) is 25.5. The van der Waals surface area contributed by atoms with E-state index in [-0.39, 0.29) is 11.9 Å². The molecule has 36 heavy (non-hydrogen) atoms. The van der Waals surface area contributed by atoms with Crippen LogP contribution >= 0.6 is 0 Å². The van der Waals surface area contributed by atoms with E-state index in [4.69, 9.17) is 0 Å². The number of hydrogen-bond acceptors (Lipinski definition) is 3. The van der Waals surface area contributed by atoms with Crippen molar-refractivity contribution >= 4 is 29.0 Å². The first-order chi connectivity index (χ1) is 17.4. The molecule has 0 atom stereocenters. The minimum Gasteiger partial charge on any atom is -0.368 e. The molecule has 1 fully saturated rings. The van der Waals surface area contributed by atoms with Gasteiger partial charge in [0, 0.05) is 49.7 Å². The van der Waals surface area contributed by atoms with Crippen molar-refractivity contribution in [3.05, 3.63) is 76.9 Å². The maximum absolute atomic E-state index is 12.9. The average molecular weight is 487 g/mol. The second kappa shape index (κ2) is 11.9. The minimum absolute atomic E-state index is 0.0430. The number of anilines is 3. The van der Waals surface area contributed by atoms with Crippen LogP contribution in [-0.4, -0.2) is 43.0 Å². The summed E-state index contributed by atoms with van der Waals surface area (Å²) in [6.07, 6.45) is 11.2. The summed E-state index contributed by atoms with van der Waals surface area (Å²) in [7, 11) is 0. The molecule has 0 aromatic heterocycles. The molecule has 4 rings (SSSR count). The molecule has 0 unspecified atom stereocenters. The summed E-state index contributed by atoms with van der Waals surface area (Å²) in [4.78, 5) is 29.3. The van der Waals surface area contributed by atoms with Gasteiger partial charge in [0.2, 0.25) is 5.91 Å². The zero-order chi connectivity index (χ0) is 25.5. The predicted octanol–water partition coefficient (Wildman–Crippen LogP) is 6.35. The molecule has 3 amide bonds. The molecule has 2 aliphatic rings. The highest BCUT2D eigenvalue weighted by Gasteiger charge is 2.22. The van der Waals surface area contributed by atoms with Gasteiger partial charge in [-0.3, -0.25) is 4.79 Å². The highest BCUT2D eigenvalue weighted by Crippen LogP contribution is 2.24. The van der Waals surface area contributed by atoms with Crippen molar-refractivity contribution in [1.82, 2.24) is 4.90 Å². The van der Waals surface area contributed by atoms with E-state index in [0.29, 0.717) is 19.5 Å². The summed E-state index contributed by atoms with van der Waals surface area (Å²) in [5, 5.41) is 6.12. The van der Waals surface area contributed by atoms with Crippen LogP contribution in [0.15, 0.2) is 60.2 Å². The van der Waals surface area contributed by atoms with E-state index in [1.54, 1.807) is 0 Å². The van der Waals surface area contributed by atoms with Crippen LogP contribution in [-0.2, 0) is 4.79 Å². The van der Waals surface area contributed by atoms with Gasteiger partial charge in [-0.1, -0.05) is 41.5 Å². The molecule has 0 spiro atoms. The Morgan fingerprint density at radius 2 is 1.58 bits per heavy atom. The number of urea groups is 1. The zero-order valence-corrected chi connectivity index (χ0v) is 21.8. The van der Waals surface area contributed by atoms with Crippen LogP contribution in [0.4, 0.5) is 21.9 Å². The third-order valence-electron chi connectivity index (χ3n) is 6.93. The third kappa shape index (κ3) is 6.78. The van der Waals surface area contributed by atoms with E-state index >= 15 is 0 Å². The van der Waals surface area contributed by atoms with E-state index in [2.05, 4.69) is 52.8 Å². The molecule has 2 aromatic carbocycles. The lowest BCUT2D eigenvalue weighted by Gasteiger charge is -2.36. The van der Waals surface area contributed by atoms with Gasteiger partial charge < -0.3 is 20.4 Å². The first-order valence-electron chi connectivity index (χ1n) is 13.0. The van der Waals surface area contributed by atoms with E-state index in [1.807, 2.05) is 43.0 Å². The average Bonchev–Trinajstić information content (AvgIpc) is 2.87. The lowest BCUT2D eigenvalue weighted by molar-refractivity contribution is -0.116. The van der Waals surface area contributed by atoms with Crippen LogP contribution in [0.5, 0.6) is 0 Å². The third-order valence-corrected chi connectivity index (χ3v) is 6.93. The fraction of sp³-hybridized carbons (Fsp3) is 0.400. The number of aryl methyl sites for hydroxylation is 3. The van der Waals surface area contributed by atoms with Crippen LogP contribution in [0.2, 0.25) is 0 Å². The maximum Gasteiger partial charge on any atom is 0.321 e. The summed E-state index contributed by atoms with van der Waals surface area (Å²) in [5.41, 5.74) is 7.56. The molecule has 0 saturated carbocycles. The van der Waals surface area contributed by atoms with Crippen molar-refractivity contribution in [2.75, 3.05) is 41.7 Å². The standard InChI is InChI=1S/C30H38N4O2/c1-22-20-23(2)29(24(3)21-22)32-30(36)34-18-16-33(17-19-34)27-14-12-26(13-15-27)31-28(35)11-7-10-25-8-5-4-6-9-25/h5,8-9,12-15,20-21H,4,6-7,10-11,16-19H2,1-3H3,(H,31,35)(H,32,36). The summed E-state index contributed by atoms with van der Waals surface area (Å²) in [6, 6.07) is 12.2. The summed E-state index contributed by atoms with van der Waals surface area (Å²) >= 11 is 0. The number of benzene rings is 2. The van der Waals surface area contributed by atoms with Gasteiger partial charge in [0.25, 0.3) is 0 Å². The quantitative estimate of drug-likeness (QED) is 0.479. The molecule has 0 radical (unpaired) electrons. The number of carbonyl (C=O) groups excluding carboxylic acids is 2. The second-order valence-corrected chi connectivity index (χ2v) is 9.89. The Hall–Kier alpha value is -3.54. The fourth-order valence-corrected chi connectivity index (χ4v) is 5.02. The maximum atomic E-state index is 12.9. The van der Waals surface area contributed by atoms with Gasteiger partial charge in [-0.15, -0.1) is 0 Å². The highest BCUT2D eigenvalue weighted by atomic mass is 16.2. The molecule has 6 heteroatoms. The van der Waals surface area contributed by atoms with Crippen LogP contribution in [0.1, 0.15) is 48.8 Å². The Morgan fingerprint density at radius 3 is 2.22 bits per heavy atom. The minimum atomic E-state index is -0.0430. The Kier molecular flexibility index (Phi) is 8.47. The summed E-state index contributed by atoms with van der Waals surface area (Å²) in [5.74, 6) is 0.0572. The normalized spacial score (nSPS) is 15.5. The lowest BCUT2D eigenvalue weighted by Crippen LogP contribution is -2.50. The largest absolute Gasteiger partial charge is 0.368 e. The second-order valence-electron chi connectivity index (χ2n) is 9.89. The van der Waals surface area contributed by atoms with Crippen LogP contribution in [0.25, 0.3) is 0 Å². The molecule has 2 aromatic rings. The van der Waals surface area contributed by atoms with E-state index < -0.39 is 0 Å². The Bertz CT molecular complexity index is 1120. The number of hydrogen-bond donors (Lipinski definition) is 2. The molecule has 1 heterocycles. The molecule has 1 aliphatic heterocycles. The van der Waals surface area contributed by atoms with Crippen molar-refractivity contribution < 1.29 is 9.59 Å². The Balaban J connectivity index is 1.22. The molecule has 2 N–H and O–H groups in total. The molecule has 1 aliphatic carbocycles. The number of rotatable bonds is 7. The fourth-order valence-electron chi connectivity index (χ4n) is 5.02. The van der Waals surface area contributed by atoms with Gasteiger partial charge in [0.15, 0.2) is 0 Å². The van der Waals surface area contributed by atoms with Crippen molar-refractivity contribution in [2.45, 2.75) is 52.9 Å².